The van der Waals surface area contributed by atoms with Gasteiger partial charge >= 0.3 is 12.0 Å². The quantitative estimate of drug-likeness (QED) is 0.665. The number of fused-ring (bicyclic) bond motifs is 1. The van der Waals surface area contributed by atoms with Gasteiger partial charge < -0.3 is 15.7 Å². The average Bonchev–Trinajstić information content (AvgIpc) is 2.58. The Bertz CT molecular complexity index is 935. The third kappa shape index (κ3) is 3.05. The lowest BCUT2D eigenvalue weighted by molar-refractivity contribution is 0.0698. The van der Waals surface area contributed by atoms with Crippen molar-refractivity contribution in [3.05, 3.63) is 71.8 Å². The van der Waals surface area contributed by atoms with Gasteiger partial charge in [-0.05, 0) is 36.1 Å². The van der Waals surface area contributed by atoms with Gasteiger partial charge in [-0.2, -0.15) is 0 Å². The van der Waals surface area contributed by atoms with Crippen LogP contribution < -0.4 is 10.6 Å². The molecule has 0 atom stereocenters. The Hall–Kier alpha value is -3.34. The summed E-state index contributed by atoms with van der Waals surface area (Å²) < 4.78 is 0. The second-order valence-corrected chi connectivity index (χ2v) is 5.41. The van der Waals surface area contributed by atoms with Crippen molar-refractivity contribution in [2.45, 2.75) is 6.92 Å². The minimum absolute atomic E-state index is 0.0430. The van der Waals surface area contributed by atoms with Gasteiger partial charge in [0.25, 0.3) is 0 Å². The predicted octanol–water partition coefficient (Wildman–Crippen LogP) is 4.49. The minimum atomic E-state index is -1.09. The summed E-state index contributed by atoms with van der Waals surface area (Å²) in [6, 6.07) is 17.3. The lowest BCUT2D eigenvalue weighted by Gasteiger charge is -2.12. The lowest BCUT2D eigenvalue weighted by Crippen LogP contribution is -2.21. The van der Waals surface area contributed by atoms with E-state index in [2.05, 4.69) is 10.6 Å². The van der Waals surface area contributed by atoms with Gasteiger partial charge in [0.2, 0.25) is 0 Å². The van der Waals surface area contributed by atoms with Crippen LogP contribution in [0.3, 0.4) is 0 Å². The molecule has 0 heterocycles. The summed E-state index contributed by atoms with van der Waals surface area (Å²) in [5.41, 5.74) is 2.08. The van der Waals surface area contributed by atoms with Gasteiger partial charge in [0.15, 0.2) is 0 Å². The molecule has 0 saturated carbocycles. The number of carbonyl (C=O) groups is 2. The molecule has 3 aromatic rings. The highest BCUT2D eigenvalue weighted by atomic mass is 16.4. The number of amides is 2. The van der Waals surface area contributed by atoms with E-state index in [1.54, 1.807) is 18.2 Å². The molecule has 0 fully saturated rings. The molecule has 5 nitrogen and oxygen atoms in total. The van der Waals surface area contributed by atoms with Crippen LogP contribution in [0.1, 0.15) is 15.9 Å². The van der Waals surface area contributed by atoms with Crippen molar-refractivity contribution in [1.82, 2.24) is 0 Å². The summed E-state index contributed by atoms with van der Waals surface area (Å²) in [6.07, 6.45) is 0. The van der Waals surface area contributed by atoms with Crippen molar-refractivity contribution < 1.29 is 14.7 Å². The van der Waals surface area contributed by atoms with Crippen molar-refractivity contribution in [2.75, 3.05) is 10.6 Å². The van der Waals surface area contributed by atoms with Gasteiger partial charge in [-0.3, -0.25) is 0 Å². The first kappa shape index (κ1) is 15.6. The number of para-hydroxylation sites is 1. The lowest BCUT2D eigenvalue weighted by atomic mass is 10.0. The molecule has 0 unspecified atom stereocenters. The van der Waals surface area contributed by atoms with Crippen LogP contribution in [0.4, 0.5) is 16.2 Å². The van der Waals surface area contributed by atoms with Crippen molar-refractivity contribution in [3.63, 3.8) is 0 Å². The number of rotatable bonds is 3. The van der Waals surface area contributed by atoms with Gasteiger partial charge in [-0.1, -0.05) is 42.5 Å². The average molecular weight is 320 g/mol. The maximum Gasteiger partial charge on any atom is 0.337 e. The first-order valence-electron chi connectivity index (χ1n) is 7.45. The summed E-state index contributed by atoms with van der Waals surface area (Å²) in [6.45, 7) is 2.01. The molecule has 0 aliphatic heterocycles. The number of aromatic carboxylic acids is 1. The zero-order valence-electron chi connectivity index (χ0n) is 13.0. The van der Waals surface area contributed by atoms with E-state index in [4.69, 9.17) is 5.11 Å². The van der Waals surface area contributed by atoms with Crippen molar-refractivity contribution >= 4 is 34.1 Å². The first-order chi connectivity index (χ1) is 11.6. The van der Waals surface area contributed by atoms with E-state index in [0.29, 0.717) is 5.69 Å². The summed E-state index contributed by atoms with van der Waals surface area (Å²) in [7, 11) is 0. The third-order valence-corrected chi connectivity index (χ3v) is 3.80. The number of carboxylic acids is 1. The standard InChI is InChI=1S/C19H16N2O3/c1-12-10-11-17(14-7-3-2-6-13(12)14)21-19(24)20-16-9-5-4-8-15(16)18(22)23/h2-11H,1H3,(H,22,23)(H2,20,21,24). The van der Waals surface area contributed by atoms with Crippen LogP contribution in [0.25, 0.3) is 10.8 Å². The Morgan fingerprint density at radius 2 is 1.42 bits per heavy atom. The SMILES string of the molecule is Cc1ccc(NC(=O)Nc2ccccc2C(=O)O)c2ccccc12. The number of carboxylic acid groups (broad SMARTS) is 1. The van der Waals surface area contributed by atoms with Crippen LogP contribution in [-0.2, 0) is 0 Å². The number of carbonyl (C=O) groups excluding carboxylic acids is 1. The Morgan fingerprint density at radius 1 is 0.792 bits per heavy atom. The van der Waals surface area contributed by atoms with Crippen LogP contribution in [-0.4, -0.2) is 17.1 Å². The Kier molecular flexibility index (Phi) is 4.16. The molecular weight excluding hydrogens is 304 g/mol. The zero-order chi connectivity index (χ0) is 17.1. The van der Waals surface area contributed by atoms with Crippen LogP contribution >= 0.6 is 0 Å². The van der Waals surface area contributed by atoms with E-state index in [0.717, 1.165) is 16.3 Å². The first-order valence-corrected chi connectivity index (χ1v) is 7.45. The van der Waals surface area contributed by atoms with Crippen LogP contribution in [0.15, 0.2) is 60.7 Å². The van der Waals surface area contributed by atoms with Gasteiger partial charge in [0, 0.05) is 5.39 Å². The largest absolute Gasteiger partial charge is 0.478 e. The summed E-state index contributed by atoms with van der Waals surface area (Å²) in [5, 5.41) is 16.5. The molecular formula is C19H16N2O3. The number of hydrogen-bond acceptors (Lipinski definition) is 2. The molecule has 0 bridgehead atoms. The van der Waals surface area contributed by atoms with Gasteiger partial charge in [-0.25, -0.2) is 9.59 Å². The number of urea groups is 1. The van der Waals surface area contributed by atoms with E-state index in [1.165, 1.54) is 6.07 Å². The molecule has 120 valence electrons. The fraction of sp³-hybridized carbons (Fsp3) is 0.0526. The van der Waals surface area contributed by atoms with Crippen LogP contribution in [0.2, 0.25) is 0 Å². The van der Waals surface area contributed by atoms with E-state index in [1.807, 2.05) is 43.3 Å². The third-order valence-electron chi connectivity index (χ3n) is 3.80. The fourth-order valence-electron chi connectivity index (χ4n) is 2.61. The highest BCUT2D eigenvalue weighted by Gasteiger charge is 2.12. The molecule has 0 aliphatic rings. The van der Waals surface area contributed by atoms with Crippen LogP contribution in [0.5, 0.6) is 0 Å². The Balaban J connectivity index is 1.87. The molecule has 3 aromatic carbocycles. The second kappa shape index (κ2) is 6.42. The van der Waals surface area contributed by atoms with Gasteiger partial charge in [0.05, 0.1) is 16.9 Å². The fourth-order valence-corrected chi connectivity index (χ4v) is 2.61. The molecule has 0 radical (unpaired) electrons. The van der Waals surface area contributed by atoms with Crippen molar-refractivity contribution in [3.8, 4) is 0 Å². The Labute approximate surface area is 138 Å². The maximum absolute atomic E-state index is 12.3. The molecule has 3 rings (SSSR count). The molecule has 0 aromatic heterocycles. The number of benzene rings is 3. The highest BCUT2D eigenvalue weighted by molar-refractivity contribution is 6.08. The summed E-state index contributed by atoms with van der Waals surface area (Å²) in [5.74, 6) is -1.09. The monoisotopic (exact) mass is 320 g/mol. The molecule has 3 N–H and O–H groups in total. The van der Waals surface area contributed by atoms with Crippen LogP contribution in [0, 0.1) is 6.92 Å². The number of aryl methyl sites for hydroxylation is 1. The van der Waals surface area contributed by atoms with Crippen molar-refractivity contribution in [2.24, 2.45) is 0 Å². The summed E-state index contributed by atoms with van der Waals surface area (Å²) in [4.78, 5) is 23.5. The number of anilines is 2. The second-order valence-electron chi connectivity index (χ2n) is 5.41. The predicted molar refractivity (Wildman–Crippen MR) is 94.7 cm³/mol. The van der Waals surface area contributed by atoms with E-state index in [9.17, 15) is 9.59 Å². The van der Waals surface area contributed by atoms with E-state index in [-0.39, 0.29) is 11.3 Å². The summed E-state index contributed by atoms with van der Waals surface area (Å²) >= 11 is 0. The molecule has 2 amide bonds. The zero-order valence-corrected chi connectivity index (χ0v) is 13.0. The highest BCUT2D eigenvalue weighted by Crippen LogP contribution is 2.26. The molecule has 0 saturated heterocycles. The molecule has 24 heavy (non-hydrogen) atoms. The maximum atomic E-state index is 12.3. The van der Waals surface area contributed by atoms with E-state index < -0.39 is 12.0 Å². The smallest absolute Gasteiger partial charge is 0.337 e. The molecule has 0 aliphatic carbocycles. The van der Waals surface area contributed by atoms with E-state index >= 15 is 0 Å². The normalized spacial score (nSPS) is 10.4. The number of nitrogens with one attached hydrogen (secondary N) is 2. The Morgan fingerprint density at radius 3 is 2.17 bits per heavy atom. The number of hydrogen-bond donors (Lipinski definition) is 3. The minimum Gasteiger partial charge on any atom is -0.478 e. The molecule has 0 spiro atoms. The topological polar surface area (TPSA) is 78.4 Å². The van der Waals surface area contributed by atoms with Gasteiger partial charge in [0.1, 0.15) is 0 Å². The van der Waals surface area contributed by atoms with Gasteiger partial charge in [-0.15, -0.1) is 0 Å². The molecule has 5 heteroatoms. The van der Waals surface area contributed by atoms with Crippen molar-refractivity contribution in [1.29, 1.82) is 0 Å².